The molecule has 2 N–H and O–H groups in total. The molecule has 2 nitrogen and oxygen atoms in total. The van der Waals surface area contributed by atoms with Crippen LogP contribution in [0.25, 0.3) is 0 Å². The number of hydrogen-bond donors (Lipinski definition) is 2. The van der Waals surface area contributed by atoms with Crippen molar-refractivity contribution in [2.45, 2.75) is 37.5 Å². The molecule has 0 amide bonds. The van der Waals surface area contributed by atoms with Crippen molar-refractivity contribution in [2.75, 3.05) is 22.2 Å². The number of aromatic hydroxyl groups is 2. The Labute approximate surface area is 184 Å². The van der Waals surface area contributed by atoms with Gasteiger partial charge < -0.3 is 10.2 Å². The number of thioether (sulfide) groups is 1. The fourth-order valence-corrected chi connectivity index (χ4v) is 5.37. The first kappa shape index (κ1) is 22.6. The van der Waals surface area contributed by atoms with Crippen molar-refractivity contribution in [1.29, 1.82) is 0 Å². The van der Waals surface area contributed by atoms with Gasteiger partial charge in [0.25, 0.3) is 0 Å². The number of benzene rings is 2. The third kappa shape index (κ3) is 7.35. The summed E-state index contributed by atoms with van der Waals surface area (Å²) < 4.78 is 0. The highest BCUT2D eigenvalue weighted by molar-refractivity contribution is 9.09. The molecular formula is C22H28Br2O2S. The highest BCUT2D eigenvalue weighted by Crippen LogP contribution is 2.36. The van der Waals surface area contributed by atoms with Gasteiger partial charge in [-0.05, 0) is 60.8 Å². The van der Waals surface area contributed by atoms with Gasteiger partial charge in [-0.25, -0.2) is 0 Å². The molecule has 5 heteroatoms. The molecule has 0 spiro atoms. The van der Waals surface area contributed by atoms with E-state index in [0.29, 0.717) is 23.3 Å². The number of alkyl halides is 2. The van der Waals surface area contributed by atoms with Crippen LogP contribution in [0.1, 0.15) is 48.6 Å². The molecular weight excluding hydrogens is 488 g/mol. The first-order valence-electron chi connectivity index (χ1n) is 9.42. The highest BCUT2D eigenvalue weighted by atomic mass is 79.9. The molecule has 0 aromatic heterocycles. The first-order valence-corrected chi connectivity index (χ1v) is 12.8. The van der Waals surface area contributed by atoms with Gasteiger partial charge in [-0.2, -0.15) is 11.8 Å². The molecule has 0 fully saturated rings. The zero-order chi connectivity index (χ0) is 19.5. The van der Waals surface area contributed by atoms with E-state index >= 15 is 0 Å². The van der Waals surface area contributed by atoms with E-state index in [0.717, 1.165) is 59.0 Å². The molecule has 0 aliphatic rings. The number of halogens is 2. The zero-order valence-electron chi connectivity index (χ0n) is 15.5. The summed E-state index contributed by atoms with van der Waals surface area (Å²) >= 11 is 8.98. The molecule has 27 heavy (non-hydrogen) atoms. The van der Waals surface area contributed by atoms with E-state index in [1.807, 2.05) is 48.2 Å². The largest absolute Gasteiger partial charge is 0.508 e. The number of para-hydroxylation sites is 2. The summed E-state index contributed by atoms with van der Waals surface area (Å²) in [6.07, 6.45) is 4.29. The first-order chi connectivity index (χ1) is 13.2. The van der Waals surface area contributed by atoms with Crippen molar-refractivity contribution in [2.24, 2.45) is 0 Å². The molecule has 2 atom stereocenters. The lowest BCUT2D eigenvalue weighted by Crippen LogP contribution is -2.08. The number of rotatable bonds is 12. The minimum atomic E-state index is 0.343. The maximum atomic E-state index is 10.3. The van der Waals surface area contributed by atoms with E-state index in [2.05, 4.69) is 31.9 Å². The van der Waals surface area contributed by atoms with Crippen LogP contribution in [-0.4, -0.2) is 32.4 Å². The van der Waals surface area contributed by atoms with Gasteiger partial charge in [-0.1, -0.05) is 68.3 Å². The third-order valence-electron chi connectivity index (χ3n) is 4.76. The smallest absolute Gasteiger partial charge is 0.119 e. The molecule has 2 aromatic carbocycles. The average Bonchev–Trinajstić information content (AvgIpc) is 2.68. The molecule has 0 saturated heterocycles. The van der Waals surface area contributed by atoms with Crippen LogP contribution in [0.15, 0.2) is 48.5 Å². The van der Waals surface area contributed by atoms with Crippen LogP contribution < -0.4 is 0 Å². The van der Waals surface area contributed by atoms with Crippen LogP contribution in [0.3, 0.4) is 0 Å². The quantitative estimate of drug-likeness (QED) is 0.297. The molecule has 0 saturated carbocycles. The SMILES string of the molecule is Oc1ccccc1C(CCCBr)CSCC(CCCBr)c1ccccc1O. The Hall–Kier alpha value is -0.650. The summed E-state index contributed by atoms with van der Waals surface area (Å²) in [5.41, 5.74) is 2.09. The van der Waals surface area contributed by atoms with Crippen LogP contribution in [-0.2, 0) is 0 Å². The predicted molar refractivity (Wildman–Crippen MR) is 125 cm³/mol. The van der Waals surface area contributed by atoms with Gasteiger partial charge in [0.15, 0.2) is 0 Å². The van der Waals surface area contributed by atoms with Gasteiger partial charge >= 0.3 is 0 Å². The number of hydrogen-bond acceptors (Lipinski definition) is 3. The highest BCUT2D eigenvalue weighted by Gasteiger charge is 2.18. The lowest BCUT2D eigenvalue weighted by atomic mass is 9.95. The minimum absolute atomic E-state index is 0.343. The van der Waals surface area contributed by atoms with Crippen LogP contribution in [0, 0.1) is 0 Å². The zero-order valence-corrected chi connectivity index (χ0v) is 19.5. The molecule has 0 heterocycles. The van der Waals surface area contributed by atoms with Crippen LogP contribution in [0.5, 0.6) is 11.5 Å². The van der Waals surface area contributed by atoms with Gasteiger partial charge in [0, 0.05) is 22.2 Å². The van der Waals surface area contributed by atoms with E-state index in [4.69, 9.17) is 0 Å². The third-order valence-corrected chi connectivity index (χ3v) is 7.16. The van der Waals surface area contributed by atoms with Gasteiger partial charge in [0.1, 0.15) is 11.5 Å². The molecule has 2 rings (SSSR count). The van der Waals surface area contributed by atoms with Crippen molar-refractivity contribution < 1.29 is 10.2 Å². The second-order valence-corrected chi connectivity index (χ2v) is 9.37. The van der Waals surface area contributed by atoms with Crippen LogP contribution in [0.4, 0.5) is 0 Å². The number of phenolic OH excluding ortho intramolecular Hbond substituents is 2. The summed E-state index contributed by atoms with van der Waals surface area (Å²) in [6.45, 7) is 0. The van der Waals surface area contributed by atoms with E-state index < -0.39 is 0 Å². The average molecular weight is 516 g/mol. The Kier molecular flexibility index (Phi) is 10.7. The lowest BCUT2D eigenvalue weighted by molar-refractivity contribution is 0.460. The Balaban J connectivity index is 2.03. The standard InChI is InChI=1S/C22H28Br2O2S/c23-13-5-7-17(19-9-1-3-11-21(19)25)15-27-16-18(8-6-14-24)20-10-2-4-12-22(20)26/h1-4,9-12,17-18,25-26H,5-8,13-16H2. The summed E-state index contributed by atoms with van der Waals surface area (Å²) in [5, 5.41) is 22.5. The van der Waals surface area contributed by atoms with E-state index in [9.17, 15) is 10.2 Å². The Morgan fingerprint density at radius 3 is 1.48 bits per heavy atom. The lowest BCUT2D eigenvalue weighted by Gasteiger charge is -2.21. The van der Waals surface area contributed by atoms with E-state index in [1.165, 1.54) is 0 Å². The second-order valence-electron chi connectivity index (χ2n) is 6.71. The van der Waals surface area contributed by atoms with Crippen molar-refractivity contribution in [3.8, 4) is 11.5 Å². The Morgan fingerprint density at radius 1 is 0.704 bits per heavy atom. The second kappa shape index (κ2) is 12.7. The molecule has 0 aliphatic carbocycles. The fraction of sp³-hybridized carbons (Fsp3) is 0.455. The molecule has 2 unspecified atom stereocenters. The van der Waals surface area contributed by atoms with Gasteiger partial charge in [0.2, 0.25) is 0 Å². The monoisotopic (exact) mass is 514 g/mol. The number of phenols is 2. The Morgan fingerprint density at radius 2 is 1.11 bits per heavy atom. The predicted octanol–water partition coefficient (Wildman–Crippen LogP) is 7.05. The molecule has 2 aromatic rings. The molecule has 0 bridgehead atoms. The normalized spacial score (nSPS) is 13.4. The van der Waals surface area contributed by atoms with Crippen molar-refractivity contribution in [1.82, 2.24) is 0 Å². The maximum absolute atomic E-state index is 10.3. The topological polar surface area (TPSA) is 40.5 Å². The fourth-order valence-electron chi connectivity index (χ4n) is 3.32. The van der Waals surface area contributed by atoms with E-state index in [1.54, 1.807) is 12.1 Å². The minimum Gasteiger partial charge on any atom is -0.508 e. The van der Waals surface area contributed by atoms with Crippen molar-refractivity contribution >= 4 is 43.6 Å². The maximum Gasteiger partial charge on any atom is 0.119 e. The van der Waals surface area contributed by atoms with Crippen LogP contribution in [0.2, 0.25) is 0 Å². The van der Waals surface area contributed by atoms with Gasteiger partial charge in [-0.3, -0.25) is 0 Å². The van der Waals surface area contributed by atoms with E-state index in [-0.39, 0.29) is 0 Å². The van der Waals surface area contributed by atoms with Crippen molar-refractivity contribution in [3.63, 3.8) is 0 Å². The summed E-state index contributed by atoms with van der Waals surface area (Å²) in [5.74, 6) is 3.43. The van der Waals surface area contributed by atoms with Gasteiger partial charge in [0.05, 0.1) is 0 Å². The van der Waals surface area contributed by atoms with Crippen molar-refractivity contribution in [3.05, 3.63) is 59.7 Å². The van der Waals surface area contributed by atoms with Crippen LogP contribution >= 0.6 is 43.6 Å². The summed E-state index contributed by atoms with van der Waals surface area (Å²) in [4.78, 5) is 0. The molecule has 148 valence electrons. The molecule has 0 radical (unpaired) electrons. The van der Waals surface area contributed by atoms with Gasteiger partial charge in [-0.15, -0.1) is 0 Å². The molecule has 0 aliphatic heterocycles. The summed E-state index contributed by atoms with van der Waals surface area (Å²) in [6, 6.07) is 15.4. The summed E-state index contributed by atoms with van der Waals surface area (Å²) in [7, 11) is 0. The Bertz CT molecular complexity index is 623.